The smallest absolute Gasteiger partial charge is 0.405 e. The number of anilines is 1. The van der Waals surface area contributed by atoms with Gasteiger partial charge in [0.2, 0.25) is 0 Å². The van der Waals surface area contributed by atoms with Crippen molar-refractivity contribution in [3.63, 3.8) is 0 Å². The van der Waals surface area contributed by atoms with Gasteiger partial charge in [-0.05, 0) is 12.1 Å². The predicted octanol–water partition coefficient (Wildman–Crippen LogP) is 2.45. The summed E-state index contributed by atoms with van der Waals surface area (Å²) >= 11 is 0. The summed E-state index contributed by atoms with van der Waals surface area (Å²) in [6.45, 7) is -0.350. The molecule has 0 saturated carbocycles. The van der Waals surface area contributed by atoms with Crippen LogP contribution in [-0.4, -0.2) is 25.9 Å². The van der Waals surface area contributed by atoms with Gasteiger partial charge in [-0.2, -0.15) is 13.2 Å². The fourth-order valence-corrected chi connectivity index (χ4v) is 1.61. The van der Waals surface area contributed by atoms with Gasteiger partial charge in [0, 0.05) is 0 Å². The molecule has 0 N–H and O–H groups in total. The van der Waals surface area contributed by atoms with Crippen LogP contribution in [0.15, 0.2) is 24.3 Å². The van der Waals surface area contributed by atoms with Crippen LogP contribution in [-0.2, 0) is 0 Å². The number of rotatable bonds is 1. The number of hydrogen-bond acceptors (Lipinski definition) is 2. The Morgan fingerprint density at radius 3 is 2.73 bits per heavy atom. The summed E-state index contributed by atoms with van der Waals surface area (Å²) in [6, 6.07) is 6.77. The van der Waals surface area contributed by atoms with Gasteiger partial charge >= 0.3 is 6.18 Å². The van der Waals surface area contributed by atoms with Crippen LogP contribution in [0.4, 0.5) is 18.9 Å². The van der Waals surface area contributed by atoms with Gasteiger partial charge in [-0.15, -0.1) is 0 Å². The molecule has 1 aromatic rings. The number of benzene rings is 1. The van der Waals surface area contributed by atoms with Gasteiger partial charge in [-0.3, -0.25) is 0 Å². The minimum absolute atomic E-state index is 0.274. The Bertz CT molecular complexity index is 351. The average molecular weight is 217 g/mol. The molecule has 0 aromatic heterocycles. The predicted molar refractivity (Wildman–Crippen MR) is 50.2 cm³/mol. The number of fused-ring (bicyclic) bond motifs is 1. The maximum atomic E-state index is 12.3. The van der Waals surface area contributed by atoms with Crippen LogP contribution < -0.4 is 9.64 Å². The van der Waals surface area contributed by atoms with Crippen molar-refractivity contribution in [1.82, 2.24) is 0 Å². The second-order valence-electron chi connectivity index (χ2n) is 3.35. The van der Waals surface area contributed by atoms with Crippen molar-refractivity contribution in [1.29, 1.82) is 0 Å². The second kappa shape index (κ2) is 3.64. The topological polar surface area (TPSA) is 12.5 Å². The highest BCUT2D eigenvalue weighted by Crippen LogP contribution is 2.32. The number of halogens is 3. The quantitative estimate of drug-likeness (QED) is 0.716. The van der Waals surface area contributed by atoms with E-state index in [9.17, 15) is 13.2 Å². The van der Waals surface area contributed by atoms with Gasteiger partial charge in [-0.1, -0.05) is 12.1 Å². The minimum Gasteiger partial charge on any atom is -0.490 e. The molecule has 2 rings (SSSR count). The molecule has 0 radical (unpaired) electrons. The van der Waals surface area contributed by atoms with Crippen molar-refractivity contribution in [2.24, 2.45) is 0 Å². The fourth-order valence-electron chi connectivity index (χ4n) is 1.61. The standard InChI is InChI=1S/C10H10F3NO/c11-10(12,13)7-14-5-6-15-9-4-2-1-3-8(9)14/h1-4H,5-7H2. The van der Waals surface area contributed by atoms with E-state index in [1.165, 1.54) is 4.90 Å². The van der Waals surface area contributed by atoms with Crippen molar-refractivity contribution in [3.05, 3.63) is 24.3 Å². The zero-order valence-electron chi connectivity index (χ0n) is 7.92. The van der Waals surface area contributed by atoms with E-state index >= 15 is 0 Å². The number of alkyl halides is 3. The lowest BCUT2D eigenvalue weighted by atomic mass is 10.2. The van der Waals surface area contributed by atoms with E-state index in [1.54, 1.807) is 24.3 Å². The Hall–Kier alpha value is -1.39. The Kier molecular flexibility index (Phi) is 2.46. The maximum Gasteiger partial charge on any atom is 0.405 e. The van der Waals surface area contributed by atoms with E-state index in [2.05, 4.69) is 0 Å². The summed E-state index contributed by atoms with van der Waals surface area (Å²) in [5.74, 6) is 0.521. The third-order valence-electron chi connectivity index (χ3n) is 2.19. The highest BCUT2D eigenvalue weighted by atomic mass is 19.4. The maximum absolute atomic E-state index is 12.3. The molecule has 0 amide bonds. The lowest BCUT2D eigenvalue weighted by Crippen LogP contribution is -2.39. The summed E-state index contributed by atoms with van der Waals surface area (Å²) in [7, 11) is 0. The molecule has 0 bridgehead atoms. The number of ether oxygens (including phenoxy) is 1. The first-order valence-corrected chi connectivity index (χ1v) is 4.60. The monoisotopic (exact) mass is 217 g/mol. The number of nitrogens with zero attached hydrogens (tertiary/aromatic N) is 1. The molecule has 5 heteroatoms. The van der Waals surface area contributed by atoms with Crippen molar-refractivity contribution in [3.8, 4) is 5.75 Å². The average Bonchev–Trinajstić information content (AvgIpc) is 2.16. The molecule has 0 unspecified atom stereocenters. The van der Waals surface area contributed by atoms with Gasteiger partial charge in [0.25, 0.3) is 0 Å². The summed E-state index contributed by atoms with van der Waals surface area (Å²) in [4.78, 5) is 1.29. The van der Waals surface area contributed by atoms with Crippen LogP contribution >= 0.6 is 0 Å². The molecule has 0 atom stereocenters. The lowest BCUT2D eigenvalue weighted by molar-refractivity contribution is -0.120. The summed E-state index contributed by atoms with van der Waals surface area (Å²) in [6.07, 6.45) is -4.18. The summed E-state index contributed by atoms with van der Waals surface area (Å²) < 4.78 is 42.0. The van der Waals surface area contributed by atoms with Crippen LogP contribution in [0.25, 0.3) is 0 Å². The Balaban J connectivity index is 2.22. The van der Waals surface area contributed by atoms with Gasteiger partial charge in [0.1, 0.15) is 18.9 Å². The molecule has 0 spiro atoms. The lowest BCUT2D eigenvalue weighted by Gasteiger charge is -2.31. The van der Waals surface area contributed by atoms with Crippen LogP contribution in [0.5, 0.6) is 5.75 Å². The fraction of sp³-hybridized carbons (Fsp3) is 0.400. The Morgan fingerprint density at radius 1 is 1.27 bits per heavy atom. The first kappa shape index (κ1) is 10.1. The summed E-state index contributed by atoms with van der Waals surface area (Å²) in [5, 5.41) is 0. The molecule has 15 heavy (non-hydrogen) atoms. The van der Waals surface area contributed by atoms with E-state index in [4.69, 9.17) is 4.74 Å². The van der Waals surface area contributed by atoms with Gasteiger partial charge < -0.3 is 9.64 Å². The molecule has 1 aliphatic rings. The molecular formula is C10H10F3NO. The molecular weight excluding hydrogens is 207 g/mol. The highest BCUT2D eigenvalue weighted by Gasteiger charge is 2.32. The molecule has 0 aliphatic carbocycles. The number of para-hydroxylation sites is 2. The SMILES string of the molecule is FC(F)(F)CN1CCOc2ccccc21. The van der Waals surface area contributed by atoms with E-state index in [1.807, 2.05) is 0 Å². The Morgan fingerprint density at radius 2 is 2.00 bits per heavy atom. The van der Waals surface area contributed by atoms with Crippen molar-refractivity contribution >= 4 is 5.69 Å². The van der Waals surface area contributed by atoms with Gasteiger partial charge in [0.15, 0.2) is 0 Å². The zero-order valence-corrected chi connectivity index (χ0v) is 7.92. The van der Waals surface area contributed by atoms with Crippen LogP contribution in [0.2, 0.25) is 0 Å². The van der Waals surface area contributed by atoms with Crippen LogP contribution in [0.1, 0.15) is 0 Å². The van der Waals surface area contributed by atoms with Crippen molar-refractivity contribution in [2.45, 2.75) is 6.18 Å². The van der Waals surface area contributed by atoms with Crippen LogP contribution in [0.3, 0.4) is 0 Å². The molecule has 2 nitrogen and oxygen atoms in total. The van der Waals surface area contributed by atoms with Gasteiger partial charge in [-0.25, -0.2) is 0 Å². The van der Waals surface area contributed by atoms with Crippen molar-refractivity contribution < 1.29 is 17.9 Å². The molecule has 1 aromatic carbocycles. The van der Waals surface area contributed by atoms with Crippen LogP contribution in [0, 0.1) is 0 Å². The van der Waals surface area contributed by atoms with E-state index < -0.39 is 12.7 Å². The Labute approximate surface area is 85.3 Å². The minimum atomic E-state index is -4.18. The van der Waals surface area contributed by atoms with E-state index in [0.29, 0.717) is 18.0 Å². The summed E-state index contributed by atoms with van der Waals surface area (Å²) in [5.41, 5.74) is 0.515. The molecule has 82 valence electrons. The third kappa shape index (κ3) is 2.34. The molecule has 1 aliphatic heterocycles. The second-order valence-corrected chi connectivity index (χ2v) is 3.35. The normalized spacial score (nSPS) is 15.8. The van der Waals surface area contributed by atoms with Crippen molar-refractivity contribution in [2.75, 3.05) is 24.6 Å². The van der Waals surface area contributed by atoms with E-state index in [-0.39, 0.29) is 6.54 Å². The van der Waals surface area contributed by atoms with E-state index in [0.717, 1.165) is 0 Å². The molecule has 0 fully saturated rings. The largest absolute Gasteiger partial charge is 0.490 e. The third-order valence-corrected chi connectivity index (χ3v) is 2.19. The molecule has 0 saturated heterocycles. The van der Waals surface area contributed by atoms with Gasteiger partial charge in [0.05, 0.1) is 12.2 Å². The highest BCUT2D eigenvalue weighted by molar-refractivity contribution is 5.59. The first-order chi connectivity index (χ1) is 7.06. The first-order valence-electron chi connectivity index (χ1n) is 4.60. The zero-order chi connectivity index (χ0) is 10.9. The number of hydrogen-bond donors (Lipinski definition) is 0. The molecule has 1 heterocycles.